The van der Waals surface area contributed by atoms with Crippen molar-refractivity contribution >= 4 is 11.8 Å². The van der Waals surface area contributed by atoms with E-state index in [0.29, 0.717) is 37.4 Å². The van der Waals surface area contributed by atoms with Crippen LogP contribution in [0.4, 0.5) is 13.2 Å². The molecule has 0 aliphatic carbocycles. The summed E-state index contributed by atoms with van der Waals surface area (Å²) >= 11 is 0. The predicted octanol–water partition coefficient (Wildman–Crippen LogP) is 3.18. The van der Waals surface area contributed by atoms with Crippen LogP contribution in [0.3, 0.4) is 0 Å². The molecule has 1 saturated heterocycles. The quantitative estimate of drug-likeness (QED) is 0.787. The topological polar surface area (TPSA) is 58.4 Å². The molecule has 2 aliphatic heterocycles. The van der Waals surface area contributed by atoms with Crippen LogP contribution in [0.1, 0.15) is 51.4 Å². The summed E-state index contributed by atoms with van der Waals surface area (Å²) in [5, 5.41) is 4.29. The average Bonchev–Trinajstić information content (AvgIpc) is 3.15. The zero-order valence-corrected chi connectivity index (χ0v) is 15.8. The third-order valence-electron chi connectivity index (χ3n) is 5.36. The van der Waals surface area contributed by atoms with E-state index < -0.39 is 11.7 Å². The number of aromatic nitrogens is 2. The molecule has 0 radical (unpaired) electrons. The van der Waals surface area contributed by atoms with Gasteiger partial charge in [0.25, 0.3) is 11.8 Å². The van der Waals surface area contributed by atoms with Crippen LogP contribution >= 0.6 is 0 Å². The van der Waals surface area contributed by atoms with E-state index in [4.69, 9.17) is 0 Å². The van der Waals surface area contributed by atoms with E-state index >= 15 is 0 Å². The molecular weight excluding hydrogens is 385 g/mol. The molecule has 2 amide bonds. The second kappa shape index (κ2) is 7.53. The molecule has 29 heavy (non-hydrogen) atoms. The number of hydrogen-bond acceptors (Lipinski definition) is 3. The normalized spacial score (nSPS) is 17.4. The van der Waals surface area contributed by atoms with Crippen molar-refractivity contribution in [2.24, 2.45) is 0 Å². The molecule has 2 aliphatic rings. The lowest BCUT2D eigenvalue weighted by atomic mass is 10.1. The molecule has 1 fully saturated rings. The van der Waals surface area contributed by atoms with E-state index in [9.17, 15) is 22.8 Å². The van der Waals surface area contributed by atoms with Gasteiger partial charge in [-0.2, -0.15) is 18.3 Å². The molecule has 1 aromatic heterocycles. The molecule has 6 nitrogen and oxygen atoms in total. The fraction of sp³-hybridized carbons (Fsp3) is 0.450. The average molecular weight is 406 g/mol. The van der Waals surface area contributed by atoms with Crippen molar-refractivity contribution in [3.63, 3.8) is 0 Å². The first-order valence-corrected chi connectivity index (χ1v) is 9.65. The van der Waals surface area contributed by atoms with E-state index in [1.54, 1.807) is 11.0 Å². The second-order valence-electron chi connectivity index (χ2n) is 7.42. The van der Waals surface area contributed by atoms with Crippen LogP contribution in [0.2, 0.25) is 0 Å². The van der Waals surface area contributed by atoms with Crippen LogP contribution in [-0.2, 0) is 19.3 Å². The van der Waals surface area contributed by atoms with E-state index in [1.807, 2.05) is 0 Å². The van der Waals surface area contributed by atoms with Gasteiger partial charge in [-0.1, -0.05) is 12.1 Å². The van der Waals surface area contributed by atoms with Gasteiger partial charge >= 0.3 is 6.18 Å². The number of amides is 2. The maximum atomic E-state index is 12.9. The lowest BCUT2D eigenvalue weighted by Gasteiger charge is -2.27. The second-order valence-corrected chi connectivity index (χ2v) is 7.42. The SMILES string of the molecule is O=C(c1cc2n(n1)CCN(Cc1cccc(C(F)(F)F)c1)C2=O)N1CCCCC1. The molecule has 1 aromatic carbocycles. The van der Waals surface area contributed by atoms with Gasteiger partial charge in [0.2, 0.25) is 0 Å². The molecule has 0 unspecified atom stereocenters. The summed E-state index contributed by atoms with van der Waals surface area (Å²) in [6, 6.07) is 6.48. The van der Waals surface area contributed by atoms with Gasteiger partial charge in [-0.05, 0) is 37.0 Å². The summed E-state index contributed by atoms with van der Waals surface area (Å²) in [4.78, 5) is 28.7. The number of halogens is 3. The number of hydrogen-bond donors (Lipinski definition) is 0. The summed E-state index contributed by atoms with van der Waals surface area (Å²) in [5.74, 6) is -0.511. The smallest absolute Gasteiger partial charge is 0.337 e. The van der Waals surface area contributed by atoms with Crippen LogP contribution in [0.25, 0.3) is 0 Å². The van der Waals surface area contributed by atoms with Crippen LogP contribution in [0.15, 0.2) is 30.3 Å². The Morgan fingerprint density at radius 1 is 1.03 bits per heavy atom. The Kier molecular flexibility index (Phi) is 5.06. The molecule has 4 rings (SSSR count). The minimum absolute atomic E-state index is 0.0728. The standard InChI is InChI=1S/C20H21F3N4O2/c21-20(22,23)15-6-4-5-14(11-15)13-26-9-10-27-17(19(26)29)12-16(24-27)18(28)25-7-2-1-3-8-25/h4-6,11-12H,1-3,7-10,13H2. The molecule has 0 bridgehead atoms. The minimum atomic E-state index is -4.43. The number of nitrogens with zero attached hydrogens (tertiary/aromatic N) is 4. The van der Waals surface area contributed by atoms with Crippen molar-refractivity contribution in [2.75, 3.05) is 19.6 Å². The zero-order valence-electron chi connectivity index (χ0n) is 15.8. The van der Waals surface area contributed by atoms with E-state index in [0.717, 1.165) is 31.4 Å². The third-order valence-corrected chi connectivity index (χ3v) is 5.36. The van der Waals surface area contributed by atoms with Gasteiger partial charge in [-0.3, -0.25) is 14.3 Å². The van der Waals surface area contributed by atoms with Gasteiger partial charge in [-0.15, -0.1) is 0 Å². The van der Waals surface area contributed by atoms with Crippen LogP contribution in [-0.4, -0.2) is 51.0 Å². The summed E-state index contributed by atoms with van der Waals surface area (Å²) in [5.41, 5.74) is 0.212. The number of piperidine rings is 1. The van der Waals surface area contributed by atoms with Crippen molar-refractivity contribution in [3.8, 4) is 0 Å². The predicted molar refractivity (Wildman–Crippen MR) is 98.2 cm³/mol. The monoisotopic (exact) mass is 406 g/mol. The highest BCUT2D eigenvalue weighted by Crippen LogP contribution is 2.30. The van der Waals surface area contributed by atoms with E-state index in [-0.39, 0.29) is 24.1 Å². The summed E-state index contributed by atoms with van der Waals surface area (Å²) < 4.78 is 40.3. The van der Waals surface area contributed by atoms with Crippen LogP contribution < -0.4 is 0 Å². The fourth-order valence-electron chi connectivity index (χ4n) is 3.82. The minimum Gasteiger partial charge on any atom is -0.337 e. The highest BCUT2D eigenvalue weighted by atomic mass is 19.4. The lowest BCUT2D eigenvalue weighted by molar-refractivity contribution is -0.137. The van der Waals surface area contributed by atoms with Crippen molar-refractivity contribution in [3.05, 3.63) is 52.8 Å². The third kappa shape index (κ3) is 3.99. The fourth-order valence-corrected chi connectivity index (χ4v) is 3.82. The molecule has 9 heteroatoms. The number of benzene rings is 1. The van der Waals surface area contributed by atoms with Gasteiger partial charge in [0.15, 0.2) is 5.69 Å². The first kappa shape index (κ1) is 19.5. The van der Waals surface area contributed by atoms with Gasteiger partial charge in [0.1, 0.15) is 5.69 Å². The van der Waals surface area contributed by atoms with Gasteiger partial charge in [0.05, 0.1) is 12.1 Å². The van der Waals surface area contributed by atoms with Crippen molar-refractivity contribution in [2.45, 2.75) is 38.5 Å². The lowest BCUT2D eigenvalue weighted by Crippen LogP contribution is -2.39. The van der Waals surface area contributed by atoms with E-state index in [1.165, 1.54) is 21.7 Å². The number of carbonyl (C=O) groups excluding carboxylic acids is 2. The number of alkyl halides is 3. The summed E-state index contributed by atoms with van der Waals surface area (Å²) in [7, 11) is 0. The number of fused-ring (bicyclic) bond motifs is 1. The van der Waals surface area contributed by atoms with Crippen molar-refractivity contribution < 1.29 is 22.8 Å². The highest BCUT2D eigenvalue weighted by molar-refractivity contribution is 5.98. The Bertz CT molecular complexity index is 932. The summed E-state index contributed by atoms with van der Waals surface area (Å²) in [6.45, 7) is 2.17. The Labute approximate surface area is 165 Å². The van der Waals surface area contributed by atoms with Crippen LogP contribution in [0, 0.1) is 0 Å². The molecule has 0 atom stereocenters. The zero-order chi connectivity index (χ0) is 20.6. The molecular formula is C20H21F3N4O2. The van der Waals surface area contributed by atoms with Gasteiger partial charge in [0, 0.05) is 32.2 Å². The number of carbonyl (C=O) groups is 2. The number of rotatable bonds is 3. The van der Waals surface area contributed by atoms with E-state index in [2.05, 4.69) is 5.10 Å². The largest absolute Gasteiger partial charge is 0.416 e. The van der Waals surface area contributed by atoms with Gasteiger partial charge < -0.3 is 9.80 Å². The highest BCUT2D eigenvalue weighted by Gasteiger charge is 2.32. The Morgan fingerprint density at radius 3 is 2.52 bits per heavy atom. The Hall–Kier alpha value is -2.84. The molecule has 0 spiro atoms. The first-order chi connectivity index (χ1) is 13.8. The molecule has 3 heterocycles. The van der Waals surface area contributed by atoms with Crippen molar-refractivity contribution in [1.82, 2.24) is 19.6 Å². The maximum absolute atomic E-state index is 12.9. The first-order valence-electron chi connectivity index (χ1n) is 9.65. The van der Waals surface area contributed by atoms with Crippen molar-refractivity contribution in [1.29, 1.82) is 0 Å². The number of likely N-dealkylation sites (tertiary alicyclic amines) is 1. The molecule has 154 valence electrons. The molecule has 0 N–H and O–H groups in total. The maximum Gasteiger partial charge on any atom is 0.416 e. The molecule has 0 saturated carbocycles. The van der Waals surface area contributed by atoms with Gasteiger partial charge in [-0.25, -0.2) is 0 Å². The Balaban J connectivity index is 1.50. The van der Waals surface area contributed by atoms with Crippen LogP contribution in [0.5, 0.6) is 0 Å². The Morgan fingerprint density at radius 2 is 1.79 bits per heavy atom. The summed E-state index contributed by atoms with van der Waals surface area (Å²) in [6.07, 6.45) is -1.40. The molecule has 2 aromatic rings.